The number of benzene rings is 4. The summed E-state index contributed by atoms with van der Waals surface area (Å²) in [5.41, 5.74) is 11.5. The highest BCUT2D eigenvalue weighted by Gasteiger charge is 2.14. The van der Waals surface area contributed by atoms with Crippen molar-refractivity contribution in [1.82, 2.24) is 9.97 Å². The zero-order chi connectivity index (χ0) is 25.0. The van der Waals surface area contributed by atoms with Crippen LogP contribution >= 0.6 is 15.9 Å². The Morgan fingerprint density at radius 3 is 1.30 bits per heavy atom. The van der Waals surface area contributed by atoms with Gasteiger partial charge in [0, 0.05) is 40.4 Å². The summed E-state index contributed by atoms with van der Waals surface area (Å²) in [7, 11) is 0. The predicted octanol–water partition coefficient (Wildman–Crippen LogP) is 9.57. The molecule has 0 unspecified atom stereocenters. The average Bonchev–Trinajstić information content (AvgIpc) is 2.98. The molecule has 0 amide bonds. The number of hydrogen-bond donors (Lipinski definition) is 0. The molecule has 0 saturated heterocycles. The highest BCUT2D eigenvalue weighted by Crippen LogP contribution is 2.40. The summed E-state index contributed by atoms with van der Waals surface area (Å²) in [4.78, 5) is 8.74. The zero-order valence-electron chi connectivity index (χ0n) is 20.1. The SMILES string of the molecule is Brc1cccc(-c2cc(-c3ccccc3-c3cccnc3)cc(-c3ccccc3-c3cccnc3)c2)c1. The molecular weight excluding hydrogens is 516 g/mol. The third-order valence-electron chi connectivity index (χ3n) is 6.51. The molecule has 0 N–H and O–H groups in total. The van der Waals surface area contributed by atoms with E-state index in [-0.39, 0.29) is 0 Å². The van der Waals surface area contributed by atoms with Gasteiger partial charge in [0.1, 0.15) is 0 Å². The number of halogens is 1. The predicted molar refractivity (Wildman–Crippen MR) is 157 cm³/mol. The van der Waals surface area contributed by atoms with Crippen LogP contribution in [0.5, 0.6) is 0 Å². The first-order chi connectivity index (χ1) is 18.3. The van der Waals surface area contributed by atoms with Crippen molar-refractivity contribution in [3.8, 4) is 55.6 Å². The van der Waals surface area contributed by atoms with Crippen LogP contribution in [-0.2, 0) is 0 Å². The van der Waals surface area contributed by atoms with Gasteiger partial charge in [-0.3, -0.25) is 9.97 Å². The Bertz CT molecular complexity index is 1580. The van der Waals surface area contributed by atoms with Crippen molar-refractivity contribution >= 4 is 15.9 Å². The summed E-state index contributed by atoms with van der Waals surface area (Å²) in [6.07, 6.45) is 7.48. The molecule has 0 bridgehead atoms. The van der Waals surface area contributed by atoms with Gasteiger partial charge in [-0.05, 0) is 87.0 Å². The van der Waals surface area contributed by atoms with Crippen LogP contribution in [0.2, 0.25) is 0 Å². The van der Waals surface area contributed by atoms with E-state index in [9.17, 15) is 0 Å². The molecule has 0 aliphatic heterocycles. The van der Waals surface area contributed by atoms with E-state index in [1.54, 1.807) is 0 Å². The van der Waals surface area contributed by atoms with Gasteiger partial charge in [0.2, 0.25) is 0 Å². The lowest BCUT2D eigenvalue weighted by molar-refractivity contribution is 1.33. The van der Waals surface area contributed by atoms with Crippen molar-refractivity contribution in [2.24, 2.45) is 0 Å². The highest BCUT2D eigenvalue weighted by molar-refractivity contribution is 9.10. The summed E-state index contributed by atoms with van der Waals surface area (Å²) in [6.45, 7) is 0. The van der Waals surface area contributed by atoms with Crippen molar-refractivity contribution in [2.75, 3.05) is 0 Å². The van der Waals surface area contributed by atoms with Crippen LogP contribution in [-0.4, -0.2) is 9.97 Å². The Hall–Kier alpha value is -4.34. The highest BCUT2D eigenvalue weighted by atomic mass is 79.9. The Kier molecular flexibility index (Phi) is 6.45. The van der Waals surface area contributed by atoms with E-state index in [1.807, 2.05) is 36.9 Å². The fourth-order valence-electron chi connectivity index (χ4n) is 4.79. The van der Waals surface area contributed by atoms with Gasteiger partial charge in [-0.1, -0.05) is 88.7 Å². The molecule has 2 aromatic heterocycles. The van der Waals surface area contributed by atoms with Gasteiger partial charge in [0.15, 0.2) is 0 Å². The Balaban J connectivity index is 1.60. The van der Waals surface area contributed by atoms with Gasteiger partial charge in [0.05, 0.1) is 0 Å². The number of aromatic nitrogens is 2. The van der Waals surface area contributed by atoms with Gasteiger partial charge >= 0.3 is 0 Å². The Morgan fingerprint density at radius 2 is 0.838 bits per heavy atom. The second kappa shape index (κ2) is 10.3. The van der Waals surface area contributed by atoms with E-state index in [4.69, 9.17) is 0 Å². The van der Waals surface area contributed by atoms with Crippen molar-refractivity contribution in [3.05, 3.63) is 145 Å². The lowest BCUT2D eigenvalue weighted by Gasteiger charge is -2.16. The Labute approximate surface area is 225 Å². The van der Waals surface area contributed by atoms with Crippen LogP contribution in [0.4, 0.5) is 0 Å². The van der Waals surface area contributed by atoms with Crippen LogP contribution in [0.3, 0.4) is 0 Å². The molecule has 0 spiro atoms. The zero-order valence-corrected chi connectivity index (χ0v) is 21.6. The van der Waals surface area contributed by atoms with Crippen molar-refractivity contribution in [2.45, 2.75) is 0 Å². The normalized spacial score (nSPS) is 10.8. The summed E-state index contributed by atoms with van der Waals surface area (Å²) in [6, 6.07) is 40.6. The van der Waals surface area contributed by atoms with Crippen LogP contribution in [0.1, 0.15) is 0 Å². The van der Waals surface area contributed by atoms with Crippen molar-refractivity contribution in [1.29, 1.82) is 0 Å². The van der Waals surface area contributed by atoms with Gasteiger partial charge in [-0.25, -0.2) is 0 Å². The fraction of sp³-hybridized carbons (Fsp3) is 0. The van der Waals surface area contributed by atoms with Crippen LogP contribution < -0.4 is 0 Å². The van der Waals surface area contributed by atoms with Crippen molar-refractivity contribution in [3.63, 3.8) is 0 Å². The number of nitrogens with zero attached hydrogens (tertiary/aromatic N) is 2. The molecule has 37 heavy (non-hydrogen) atoms. The summed E-state index contributed by atoms with van der Waals surface area (Å²) >= 11 is 3.66. The molecule has 2 heterocycles. The lowest BCUT2D eigenvalue weighted by atomic mass is 9.88. The number of hydrogen-bond acceptors (Lipinski definition) is 2. The van der Waals surface area contributed by atoms with Gasteiger partial charge in [-0.15, -0.1) is 0 Å². The standard InChI is InChI=1S/C34H23BrN2/c35-30-11-5-8-24(21-30)27-18-28(33-14-3-1-12-31(33)25-9-6-16-36-22-25)20-29(19-27)34-15-4-2-13-32(34)26-10-7-17-37-23-26/h1-23H. The molecule has 0 aliphatic carbocycles. The molecular formula is C34H23BrN2. The average molecular weight is 539 g/mol. The molecule has 2 nitrogen and oxygen atoms in total. The summed E-state index contributed by atoms with van der Waals surface area (Å²) in [5, 5.41) is 0. The van der Waals surface area contributed by atoms with E-state index in [2.05, 4.69) is 129 Å². The first kappa shape index (κ1) is 23.1. The third-order valence-corrected chi connectivity index (χ3v) is 7.01. The van der Waals surface area contributed by atoms with E-state index in [1.165, 1.54) is 11.1 Å². The minimum Gasteiger partial charge on any atom is -0.264 e. The van der Waals surface area contributed by atoms with Crippen molar-refractivity contribution < 1.29 is 0 Å². The maximum atomic E-state index is 4.37. The van der Waals surface area contributed by atoms with E-state index >= 15 is 0 Å². The largest absolute Gasteiger partial charge is 0.264 e. The maximum absolute atomic E-state index is 4.37. The lowest BCUT2D eigenvalue weighted by Crippen LogP contribution is -1.91. The number of pyridine rings is 2. The number of rotatable bonds is 5. The minimum absolute atomic E-state index is 1.06. The minimum atomic E-state index is 1.06. The van der Waals surface area contributed by atoms with Crippen LogP contribution in [0, 0.1) is 0 Å². The molecule has 0 radical (unpaired) electrons. The van der Waals surface area contributed by atoms with E-state index < -0.39 is 0 Å². The molecule has 4 aromatic carbocycles. The first-order valence-electron chi connectivity index (χ1n) is 12.2. The molecule has 3 heteroatoms. The molecule has 0 fully saturated rings. The second-order valence-electron chi connectivity index (χ2n) is 8.88. The first-order valence-corrected chi connectivity index (χ1v) is 13.0. The summed E-state index contributed by atoms with van der Waals surface area (Å²) < 4.78 is 1.06. The topological polar surface area (TPSA) is 25.8 Å². The van der Waals surface area contributed by atoms with E-state index in [0.717, 1.165) is 49.0 Å². The molecule has 6 rings (SSSR count). The molecule has 6 aromatic rings. The smallest absolute Gasteiger partial charge is 0.0346 e. The van der Waals surface area contributed by atoms with E-state index in [0.29, 0.717) is 0 Å². The van der Waals surface area contributed by atoms with Gasteiger partial charge in [-0.2, -0.15) is 0 Å². The summed E-state index contributed by atoms with van der Waals surface area (Å²) in [5.74, 6) is 0. The third kappa shape index (κ3) is 4.87. The molecule has 176 valence electrons. The van der Waals surface area contributed by atoms with Crippen LogP contribution in [0.25, 0.3) is 55.6 Å². The van der Waals surface area contributed by atoms with Gasteiger partial charge < -0.3 is 0 Å². The Morgan fingerprint density at radius 1 is 0.378 bits per heavy atom. The molecule has 0 atom stereocenters. The fourth-order valence-corrected chi connectivity index (χ4v) is 5.19. The quantitative estimate of drug-likeness (QED) is 0.218. The van der Waals surface area contributed by atoms with Crippen LogP contribution in [0.15, 0.2) is 145 Å². The second-order valence-corrected chi connectivity index (χ2v) is 9.80. The molecule has 0 aliphatic rings. The monoisotopic (exact) mass is 538 g/mol. The van der Waals surface area contributed by atoms with Gasteiger partial charge in [0.25, 0.3) is 0 Å². The molecule has 0 saturated carbocycles. The maximum Gasteiger partial charge on any atom is 0.0346 e.